The Morgan fingerprint density at radius 1 is 1.82 bits per heavy atom. The Balaban J connectivity index is 2.64. The van der Waals surface area contributed by atoms with Crippen molar-refractivity contribution < 1.29 is 13.6 Å². The fourth-order valence-corrected chi connectivity index (χ4v) is 2.03. The molecule has 1 aliphatic heterocycles. The summed E-state index contributed by atoms with van der Waals surface area (Å²) in [4.78, 5) is 8.77. The number of hydrogen-bond donors (Lipinski definition) is 0. The van der Waals surface area contributed by atoms with Gasteiger partial charge in [-0.2, -0.15) is 0 Å². The normalized spacial score (nSPS) is 29.9. The van der Waals surface area contributed by atoms with Crippen molar-refractivity contribution in [2.24, 2.45) is 5.92 Å². The highest BCUT2D eigenvalue weighted by Crippen LogP contribution is 2.42. The van der Waals surface area contributed by atoms with E-state index in [-0.39, 0.29) is 5.12 Å². The molecule has 0 aliphatic carbocycles. The number of hydrogen-bond acceptors (Lipinski definition) is 2. The zero-order valence-electron chi connectivity index (χ0n) is 5.52. The lowest BCUT2D eigenvalue weighted by Crippen LogP contribution is -2.46. The van der Waals surface area contributed by atoms with Crippen molar-refractivity contribution in [3.8, 4) is 0 Å². The SMILES string of the molecule is [CH2]C(Cl)(C(F)F)C1CSC1=O. The molecule has 0 saturated carbocycles. The van der Waals surface area contributed by atoms with E-state index in [9.17, 15) is 13.6 Å². The maximum absolute atomic E-state index is 12.1. The van der Waals surface area contributed by atoms with Crippen molar-refractivity contribution in [3.05, 3.63) is 6.92 Å². The minimum absolute atomic E-state index is 0.282. The highest BCUT2D eigenvalue weighted by atomic mass is 35.5. The Morgan fingerprint density at radius 3 is 2.45 bits per heavy atom. The predicted octanol–water partition coefficient (Wildman–Crippen LogP) is 1.95. The molecule has 1 saturated heterocycles. The molecule has 0 amide bonds. The van der Waals surface area contributed by atoms with Crippen LogP contribution in [-0.2, 0) is 4.79 Å². The Kier molecular flexibility index (Phi) is 2.44. The van der Waals surface area contributed by atoms with Gasteiger partial charge >= 0.3 is 0 Å². The first kappa shape index (κ1) is 9.26. The molecule has 63 valence electrons. The molecular formula is C6H6ClF2OS. The number of thioether (sulfide) groups is 1. The van der Waals surface area contributed by atoms with Crippen LogP contribution < -0.4 is 0 Å². The molecule has 1 radical (unpaired) electrons. The van der Waals surface area contributed by atoms with Crippen molar-refractivity contribution in [2.75, 3.05) is 5.75 Å². The first-order valence-corrected chi connectivity index (χ1v) is 4.31. The van der Waals surface area contributed by atoms with Gasteiger partial charge in [0.05, 0.1) is 5.92 Å². The van der Waals surface area contributed by atoms with E-state index in [1.54, 1.807) is 0 Å². The fraction of sp³-hybridized carbons (Fsp3) is 0.667. The molecule has 0 bridgehead atoms. The molecule has 0 spiro atoms. The van der Waals surface area contributed by atoms with E-state index in [1.165, 1.54) is 0 Å². The molecule has 2 atom stereocenters. The van der Waals surface area contributed by atoms with E-state index in [0.29, 0.717) is 5.75 Å². The lowest BCUT2D eigenvalue weighted by molar-refractivity contribution is -0.117. The quantitative estimate of drug-likeness (QED) is 0.633. The van der Waals surface area contributed by atoms with Crippen LogP contribution in [-0.4, -0.2) is 22.2 Å². The van der Waals surface area contributed by atoms with Crippen molar-refractivity contribution in [1.82, 2.24) is 0 Å². The van der Waals surface area contributed by atoms with E-state index in [1.807, 2.05) is 0 Å². The van der Waals surface area contributed by atoms with Gasteiger partial charge in [-0.25, -0.2) is 8.78 Å². The Morgan fingerprint density at radius 2 is 2.36 bits per heavy atom. The third kappa shape index (κ3) is 1.51. The minimum Gasteiger partial charge on any atom is -0.287 e. The number of rotatable bonds is 2. The molecule has 1 nitrogen and oxygen atoms in total. The van der Waals surface area contributed by atoms with Gasteiger partial charge in [-0.3, -0.25) is 4.79 Å². The summed E-state index contributed by atoms with van der Waals surface area (Å²) >= 11 is 6.39. The van der Waals surface area contributed by atoms with E-state index in [4.69, 9.17) is 11.6 Å². The number of alkyl halides is 3. The molecule has 1 rings (SSSR count). The highest BCUT2D eigenvalue weighted by molar-refractivity contribution is 8.15. The second-order valence-electron chi connectivity index (χ2n) is 2.41. The van der Waals surface area contributed by atoms with Crippen LogP contribution in [0.1, 0.15) is 0 Å². The summed E-state index contributed by atoms with van der Waals surface area (Å²) in [5.74, 6) is -0.426. The van der Waals surface area contributed by atoms with Gasteiger partial charge in [-0.1, -0.05) is 11.8 Å². The second kappa shape index (κ2) is 2.90. The summed E-state index contributed by atoms with van der Waals surface area (Å²) in [6.07, 6.45) is -2.75. The van der Waals surface area contributed by atoms with Gasteiger partial charge in [-0.05, 0) is 6.92 Å². The third-order valence-electron chi connectivity index (χ3n) is 1.62. The lowest BCUT2D eigenvalue weighted by Gasteiger charge is -2.34. The Bertz CT molecular complexity index is 183. The van der Waals surface area contributed by atoms with Crippen molar-refractivity contribution in [2.45, 2.75) is 11.3 Å². The Labute approximate surface area is 72.5 Å². The van der Waals surface area contributed by atoms with Gasteiger partial charge in [0, 0.05) is 5.75 Å². The van der Waals surface area contributed by atoms with Crippen LogP contribution in [0.2, 0.25) is 0 Å². The van der Waals surface area contributed by atoms with Crippen LogP contribution in [0.4, 0.5) is 8.78 Å². The monoisotopic (exact) mass is 199 g/mol. The molecule has 0 N–H and O–H groups in total. The topological polar surface area (TPSA) is 17.1 Å². The number of carbonyl (C=O) groups is 1. The van der Waals surface area contributed by atoms with E-state index in [2.05, 4.69) is 6.92 Å². The highest BCUT2D eigenvalue weighted by Gasteiger charge is 2.49. The van der Waals surface area contributed by atoms with Gasteiger partial charge in [0.25, 0.3) is 6.43 Å². The molecule has 2 unspecified atom stereocenters. The molecule has 11 heavy (non-hydrogen) atoms. The van der Waals surface area contributed by atoms with Crippen LogP contribution in [0.15, 0.2) is 0 Å². The van der Waals surface area contributed by atoms with Gasteiger partial charge in [-0.15, -0.1) is 11.6 Å². The van der Waals surface area contributed by atoms with Crippen LogP contribution >= 0.6 is 23.4 Å². The molecule has 1 heterocycles. The van der Waals surface area contributed by atoms with Gasteiger partial charge in [0.15, 0.2) is 5.12 Å². The average Bonchev–Trinajstić information content (AvgIpc) is 1.83. The molecule has 0 aromatic carbocycles. The first-order chi connectivity index (χ1) is 4.96. The van der Waals surface area contributed by atoms with Crippen LogP contribution in [0, 0.1) is 12.8 Å². The van der Waals surface area contributed by atoms with Crippen LogP contribution in [0.25, 0.3) is 0 Å². The molecule has 5 heteroatoms. The van der Waals surface area contributed by atoms with E-state index >= 15 is 0 Å². The maximum atomic E-state index is 12.1. The molecule has 1 aliphatic rings. The molecule has 1 fully saturated rings. The maximum Gasteiger partial charge on any atom is 0.258 e. The van der Waals surface area contributed by atoms with Crippen molar-refractivity contribution >= 4 is 28.5 Å². The van der Waals surface area contributed by atoms with Gasteiger partial charge in [0.2, 0.25) is 0 Å². The Hall–Kier alpha value is 0.170. The standard InChI is InChI=1S/C6H6ClF2OS/c1-6(7,5(8)9)3-2-11-4(3)10/h3,5H,1-2H2. The summed E-state index contributed by atoms with van der Waals surface area (Å²) < 4.78 is 24.2. The zero-order valence-corrected chi connectivity index (χ0v) is 7.09. The first-order valence-electron chi connectivity index (χ1n) is 2.95. The van der Waals surface area contributed by atoms with Crippen LogP contribution in [0.5, 0.6) is 0 Å². The van der Waals surface area contributed by atoms with Crippen molar-refractivity contribution in [1.29, 1.82) is 0 Å². The molecule has 0 aromatic rings. The lowest BCUT2D eigenvalue weighted by atomic mass is 9.96. The largest absolute Gasteiger partial charge is 0.287 e. The summed E-state index contributed by atoms with van der Waals surface area (Å²) in [6.45, 7) is 3.12. The average molecular weight is 200 g/mol. The third-order valence-corrected chi connectivity index (χ3v) is 3.12. The predicted molar refractivity (Wildman–Crippen MR) is 40.9 cm³/mol. The molecule has 0 aromatic heterocycles. The fourth-order valence-electron chi connectivity index (χ4n) is 0.721. The van der Waals surface area contributed by atoms with Gasteiger partial charge < -0.3 is 0 Å². The van der Waals surface area contributed by atoms with E-state index in [0.717, 1.165) is 11.8 Å². The molecular weight excluding hydrogens is 194 g/mol. The number of carbonyl (C=O) groups excluding carboxylic acids is 1. The van der Waals surface area contributed by atoms with Gasteiger partial charge in [0.1, 0.15) is 4.87 Å². The summed E-state index contributed by atoms with van der Waals surface area (Å²) in [7, 11) is 0. The summed E-state index contributed by atoms with van der Waals surface area (Å²) in [5, 5.41) is -0.282. The van der Waals surface area contributed by atoms with Crippen molar-refractivity contribution in [3.63, 3.8) is 0 Å². The smallest absolute Gasteiger partial charge is 0.258 e. The zero-order chi connectivity index (χ0) is 8.65. The van der Waals surface area contributed by atoms with Crippen LogP contribution in [0.3, 0.4) is 0 Å². The minimum atomic E-state index is -2.75. The van der Waals surface area contributed by atoms with E-state index < -0.39 is 17.2 Å². The number of halogens is 3. The second-order valence-corrected chi connectivity index (χ2v) is 4.14. The summed E-state index contributed by atoms with van der Waals surface area (Å²) in [5.41, 5.74) is 0. The summed E-state index contributed by atoms with van der Waals surface area (Å²) in [6, 6.07) is 0.